The fourth-order valence-corrected chi connectivity index (χ4v) is 3.74. The van der Waals surface area contributed by atoms with Crippen molar-refractivity contribution in [3.8, 4) is 0 Å². The van der Waals surface area contributed by atoms with E-state index in [4.69, 9.17) is 0 Å². The van der Waals surface area contributed by atoms with Crippen LogP contribution in [0.2, 0.25) is 0 Å². The van der Waals surface area contributed by atoms with Crippen LogP contribution in [0.25, 0.3) is 0 Å². The summed E-state index contributed by atoms with van der Waals surface area (Å²) in [5.41, 5.74) is 2.14. The first kappa shape index (κ1) is 13.1. The molecule has 1 aromatic heterocycles. The van der Waals surface area contributed by atoms with Gasteiger partial charge < -0.3 is 5.32 Å². The number of benzene rings is 1. The van der Waals surface area contributed by atoms with Gasteiger partial charge in [0.05, 0.1) is 4.90 Å². The zero-order valence-corrected chi connectivity index (χ0v) is 11.9. The Bertz CT molecular complexity index is 719. The highest BCUT2D eigenvalue weighted by Crippen LogP contribution is 2.28. The molecule has 1 N–H and O–H groups in total. The Balaban J connectivity index is 1.94. The van der Waals surface area contributed by atoms with Crippen LogP contribution in [-0.4, -0.2) is 24.8 Å². The average molecular weight is 289 g/mol. The Morgan fingerprint density at radius 3 is 2.40 bits per heavy atom. The van der Waals surface area contributed by atoms with Gasteiger partial charge in [0.1, 0.15) is 5.82 Å². The van der Waals surface area contributed by atoms with Crippen LogP contribution >= 0.6 is 0 Å². The molecule has 1 aliphatic rings. The largest absolute Gasteiger partial charge is 0.373 e. The number of hydrogen-bond acceptors (Lipinski definition) is 4. The highest BCUT2D eigenvalue weighted by molar-refractivity contribution is 7.89. The second-order valence-electron chi connectivity index (χ2n) is 4.67. The first-order valence-corrected chi connectivity index (χ1v) is 7.76. The topological polar surface area (TPSA) is 62.3 Å². The molecule has 0 spiro atoms. The third kappa shape index (κ3) is 2.17. The van der Waals surface area contributed by atoms with Gasteiger partial charge in [0.2, 0.25) is 10.0 Å². The number of anilines is 1. The van der Waals surface area contributed by atoms with Gasteiger partial charge in [-0.15, -0.1) is 0 Å². The van der Waals surface area contributed by atoms with Crippen LogP contribution in [0.3, 0.4) is 0 Å². The summed E-state index contributed by atoms with van der Waals surface area (Å²) in [6.07, 6.45) is 1.50. The molecular weight excluding hydrogens is 274 g/mol. The van der Waals surface area contributed by atoms with Gasteiger partial charge in [-0.25, -0.2) is 13.4 Å². The molecule has 104 valence electrons. The molecule has 1 aromatic carbocycles. The van der Waals surface area contributed by atoms with E-state index in [0.29, 0.717) is 18.9 Å². The molecule has 20 heavy (non-hydrogen) atoms. The van der Waals surface area contributed by atoms with Gasteiger partial charge in [-0.05, 0) is 17.2 Å². The van der Waals surface area contributed by atoms with Crippen molar-refractivity contribution in [1.82, 2.24) is 9.29 Å². The summed E-state index contributed by atoms with van der Waals surface area (Å²) in [4.78, 5) is 4.31. The van der Waals surface area contributed by atoms with Crippen LogP contribution in [0, 0.1) is 0 Å². The van der Waals surface area contributed by atoms with Crippen LogP contribution in [0.15, 0.2) is 47.5 Å². The molecular formula is C14H15N3O2S. The minimum atomic E-state index is -3.49. The van der Waals surface area contributed by atoms with E-state index in [1.807, 2.05) is 24.3 Å². The van der Waals surface area contributed by atoms with Crippen LogP contribution in [0.1, 0.15) is 11.1 Å². The molecule has 1 aliphatic heterocycles. The first-order valence-electron chi connectivity index (χ1n) is 6.32. The Morgan fingerprint density at radius 1 is 1.15 bits per heavy atom. The molecule has 0 aliphatic carbocycles. The fourth-order valence-electron chi connectivity index (χ4n) is 2.33. The van der Waals surface area contributed by atoms with Crippen molar-refractivity contribution in [2.45, 2.75) is 18.0 Å². The summed E-state index contributed by atoms with van der Waals surface area (Å²) < 4.78 is 26.8. The number of aromatic nitrogens is 1. The number of sulfonamides is 1. The molecule has 0 amide bonds. The van der Waals surface area contributed by atoms with Crippen molar-refractivity contribution in [3.63, 3.8) is 0 Å². The van der Waals surface area contributed by atoms with Crippen LogP contribution in [-0.2, 0) is 23.1 Å². The summed E-state index contributed by atoms with van der Waals surface area (Å²) in [6, 6.07) is 10.9. The quantitative estimate of drug-likeness (QED) is 0.936. The Kier molecular flexibility index (Phi) is 3.19. The fraction of sp³-hybridized carbons (Fsp3) is 0.214. The van der Waals surface area contributed by atoms with Crippen molar-refractivity contribution in [2.24, 2.45) is 0 Å². The summed E-state index contributed by atoms with van der Waals surface area (Å²) in [7, 11) is -1.77. The summed E-state index contributed by atoms with van der Waals surface area (Å²) in [6.45, 7) is 0.853. The predicted octanol–water partition coefficient (Wildman–Crippen LogP) is 1.83. The van der Waals surface area contributed by atoms with Crippen LogP contribution in [0.4, 0.5) is 5.82 Å². The van der Waals surface area contributed by atoms with Crippen molar-refractivity contribution in [3.05, 3.63) is 53.7 Å². The van der Waals surface area contributed by atoms with E-state index >= 15 is 0 Å². The average Bonchev–Trinajstić information content (AvgIpc) is 2.92. The number of hydrogen-bond donors (Lipinski definition) is 1. The van der Waals surface area contributed by atoms with Gasteiger partial charge in [-0.2, -0.15) is 4.31 Å². The van der Waals surface area contributed by atoms with E-state index in [1.165, 1.54) is 16.6 Å². The number of nitrogens with one attached hydrogen (secondary N) is 1. The summed E-state index contributed by atoms with van der Waals surface area (Å²) in [5, 5.41) is 2.85. The summed E-state index contributed by atoms with van der Waals surface area (Å²) in [5.74, 6) is 0.544. The lowest BCUT2D eigenvalue weighted by Crippen LogP contribution is -2.25. The van der Waals surface area contributed by atoms with Crippen LogP contribution < -0.4 is 5.32 Å². The third-order valence-electron chi connectivity index (χ3n) is 3.44. The second kappa shape index (κ2) is 4.88. The molecule has 0 fully saturated rings. The van der Waals surface area contributed by atoms with Gasteiger partial charge in [0.25, 0.3) is 0 Å². The van der Waals surface area contributed by atoms with E-state index in [9.17, 15) is 8.42 Å². The second-order valence-corrected chi connectivity index (χ2v) is 6.61. The maximum absolute atomic E-state index is 12.6. The van der Waals surface area contributed by atoms with Crippen molar-refractivity contribution in [1.29, 1.82) is 0 Å². The van der Waals surface area contributed by atoms with E-state index in [1.54, 1.807) is 13.1 Å². The number of nitrogens with zero attached hydrogens (tertiary/aromatic N) is 2. The number of pyridine rings is 1. The molecule has 0 saturated heterocycles. The zero-order chi connectivity index (χ0) is 14.2. The molecule has 0 radical (unpaired) electrons. The zero-order valence-electron chi connectivity index (χ0n) is 11.1. The van der Waals surface area contributed by atoms with Crippen molar-refractivity contribution in [2.75, 3.05) is 12.4 Å². The molecule has 6 heteroatoms. The van der Waals surface area contributed by atoms with E-state index in [0.717, 1.165) is 11.1 Å². The molecule has 0 atom stereocenters. The molecule has 2 aromatic rings. The molecule has 0 saturated carbocycles. The smallest absolute Gasteiger partial charge is 0.243 e. The van der Waals surface area contributed by atoms with E-state index in [-0.39, 0.29) is 4.90 Å². The lowest BCUT2D eigenvalue weighted by molar-refractivity contribution is 0.431. The normalized spacial score (nSPS) is 15.1. The van der Waals surface area contributed by atoms with Gasteiger partial charge in [0.15, 0.2) is 0 Å². The monoisotopic (exact) mass is 289 g/mol. The highest BCUT2D eigenvalue weighted by Gasteiger charge is 2.30. The Labute approximate surface area is 118 Å². The van der Waals surface area contributed by atoms with Gasteiger partial charge in [0, 0.05) is 32.4 Å². The van der Waals surface area contributed by atoms with E-state index in [2.05, 4.69) is 10.3 Å². The van der Waals surface area contributed by atoms with E-state index < -0.39 is 10.0 Å². The molecule has 2 heterocycles. The van der Waals surface area contributed by atoms with Crippen molar-refractivity contribution >= 4 is 15.8 Å². The number of rotatable bonds is 3. The third-order valence-corrected chi connectivity index (χ3v) is 5.22. The number of fused-ring (bicyclic) bond motifs is 1. The highest BCUT2D eigenvalue weighted by atomic mass is 32.2. The minimum Gasteiger partial charge on any atom is -0.373 e. The summed E-state index contributed by atoms with van der Waals surface area (Å²) >= 11 is 0. The lowest BCUT2D eigenvalue weighted by atomic mass is 10.1. The molecule has 0 unspecified atom stereocenters. The Morgan fingerprint density at radius 2 is 1.80 bits per heavy atom. The SMILES string of the molecule is CNc1cc(S(=O)(=O)N2Cc3ccccc3C2)ccn1. The predicted molar refractivity (Wildman–Crippen MR) is 76.7 cm³/mol. The lowest BCUT2D eigenvalue weighted by Gasteiger charge is -2.16. The maximum atomic E-state index is 12.6. The molecule has 3 rings (SSSR count). The maximum Gasteiger partial charge on any atom is 0.243 e. The molecule has 5 nitrogen and oxygen atoms in total. The standard InChI is InChI=1S/C14H15N3O2S/c1-15-14-8-13(6-7-16-14)20(18,19)17-9-11-4-2-3-5-12(11)10-17/h2-8H,9-10H2,1H3,(H,15,16). The van der Waals surface area contributed by atoms with Gasteiger partial charge >= 0.3 is 0 Å². The van der Waals surface area contributed by atoms with Gasteiger partial charge in [-0.3, -0.25) is 0 Å². The van der Waals surface area contributed by atoms with Gasteiger partial charge in [-0.1, -0.05) is 24.3 Å². The van der Waals surface area contributed by atoms with Crippen molar-refractivity contribution < 1.29 is 8.42 Å². The minimum absolute atomic E-state index is 0.268. The van der Waals surface area contributed by atoms with Crippen LogP contribution in [0.5, 0.6) is 0 Å². The first-order chi connectivity index (χ1) is 9.61. The Hall–Kier alpha value is -1.92. The molecule has 0 bridgehead atoms.